The molecule has 56 valence electrons. The second kappa shape index (κ2) is 4.59. The first-order chi connectivity index (χ1) is 4.93. The first-order valence-corrected chi connectivity index (χ1v) is 4.77. The van der Waals surface area contributed by atoms with Crippen molar-refractivity contribution in [3.05, 3.63) is 0 Å². The van der Waals surface area contributed by atoms with Crippen molar-refractivity contribution in [2.24, 2.45) is 0 Å². The molecule has 0 spiro atoms. The monoisotopic (exact) mass is 156 g/mol. The summed E-state index contributed by atoms with van der Waals surface area (Å²) < 4.78 is 0. The quantitative estimate of drug-likeness (QED) is 0.617. The summed E-state index contributed by atoms with van der Waals surface area (Å²) in [5.74, 6) is 2.51. The maximum Gasteiger partial charge on any atom is 0.0622 e. The van der Waals surface area contributed by atoms with E-state index in [9.17, 15) is 0 Å². The van der Waals surface area contributed by atoms with Crippen molar-refractivity contribution in [1.29, 1.82) is 5.26 Å². The zero-order valence-electron chi connectivity index (χ0n) is 5.97. The molecule has 0 unspecified atom stereocenters. The van der Waals surface area contributed by atoms with Crippen LogP contribution < -0.4 is 5.32 Å². The number of nitrogens with one attached hydrogen (secondary N) is 1. The van der Waals surface area contributed by atoms with Gasteiger partial charge in [0.1, 0.15) is 0 Å². The molecule has 3 heteroatoms. The minimum absolute atomic E-state index is 0.687. The molecule has 1 N–H and O–H groups in total. The topological polar surface area (TPSA) is 35.8 Å². The number of hydrogen-bond acceptors (Lipinski definition) is 3. The second-order valence-corrected chi connectivity index (χ2v) is 3.53. The van der Waals surface area contributed by atoms with Gasteiger partial charge in [0, 0.05) is 24.0 Å². The van der Waals surface area contributed by atoms with E-state index in [0.29, 0.717) is 6.42 Å². The Bertz CT molecular complexity index is 126. The van der Waals surface area contributed by atoms with E-state index < -0.39 is 0 Å². The molecule has 0 saturated carbocycles. The van der Waals surface area contributed by atoms with Gasteiger partial charge in [-0.05, 0) is 13.0 Å². The number of hydrogen-bond donors (Lipinski definition) is 1. The van der Waals surface area contributed by atoms with E-state index in [2.05, 4.69) is 11.4 Å². The Morgan fingerprint density at radius 2 is 2.40 bits per heavy atom. The molecule has 0 radical (unpaired) electrons. The van der Waals surface area contributed by atoms with E-state index in [1.54, 1.807) is 0 Å². The zero-order valence-corrected chi connectivity index (χ0v) is 6.78. The lowest BCUT2D eigenvalue weighted by Crippen LogP contribution is -2.40. The van der Waals surface area contributed by atoms with E-state index in [-0.39, 0.29) is 0 Å². The minimum Gasteiger partial charge on any atom is -0.312 e. The predicted octanol–water partition coefficient (Wildman–Crippen LogP) is 0.995. The lowest BCUT2D eigenvalue weighted by molar-refractivity contribution is 0.570. The van der Waals surface area contributed by atoms with Crippen molar-refractivity contribution in [1.82, 2.24) is 5.32 Å². The number of unbranched alkanes of at least 4 members (excludes halogenated alkanes) is 1. The van der Waals surface area contributed by atoms with Crippen LogP contribution in [0.1, 0.15) is 12.8 Å². The fraction of sp³-hybridized carbons (Fsp3) is 0.857. The third kappa shape index (κ3) is 2.59. The molecule has 2 nitrogen and oxygen atoms in total. The zero-order chi connectivity index (χ0) is 7.23. The van der Waals surface area contributed by atoms with Crippen molar-refractivity contribution in [3.63, 3.8) is 0 Å². The predicted molar refractivity (Wildman–Crippen MR) is 44.0 cm³/mol. The fourth-order valence-corrected chi connectivity index (χ4v) is 1.53. The summed E-state index contributed by atoms with van der Waals surface area (Å²) >= 11 is 1.98. The molecule has 1 aliphatic heterocycles. The molecule has 0 aromatic heterocycles. The Hall–Kier alpha value is -0.200. The van der Waals surface area contributed by atoms with Crippen molar-refractivity contribution in [2.45, 2.75) is 18.9 Å². The molecule has 0 bridgehead atoms. The number of nitriles is 1. The summed E-state index contributed by atoms with van der Waals surface area (Å²) in [6.45, 7) is 1.01. The van der Waals surface area contributed by atoms with Gasteiger partial charge in [-0.3, -0.25) is 0 Å². The third-order valence-electron chi connectivity index (χ3n) is 1.54. The molecular weight excluding hydrogens is 144 g/mol. The molecule has 1 aliphatic rings. The summed E-state index contributed by atoms with van der Waals surface area (Å²) in [5, 5.41) is 11.6. The van der Waals surface area contributed by atoms with Crippen LogP contribution >= 0.6 is 11.8 Å². The number of rotatable bonds is 4. The molecule has 0 amide bonds. The first-order valence-electron chi connectivity index (χ1n) is 3.61. The Labute approximate surface area is 66.0 Å². The smallest absolute Gasteiger partial charge is 0.0622 e. The minimum atomic E-state index is 0.687. The highest BCUT2D eigenvalue weighted by atomic mass is 32.2. The molecule has 1 fully saturated rings. The van der Waals surface area contributed by atoms with Crippen LogP contribution in [0, 0.1) is 11.3 Å². The maximum absolute atomic E-state index is 8.22. The van der Waals surface area contributed by atoms with Crippen LogP contribution in [0.15, 0.2) is 0 Å². The summed E-state index contributed by atoms with van der Waals surface area (Å²) in [6, 6.07) is 2.87. The van der Waals surface area contributed by atoms with E-state index in [1.807, 2.05) is 11.8 Å². The van der Waals surface area contributed by atoms with Crippen LogP contribution in [0.2, 0.25) is 0 Å². The van der Waals surface area contributed by atoms with Crippen molar-refractivity contribution < 1.29 is 0 Å². The SMILES string of the molecule is N#CCCCNC1CSC1. The standard InChI is InChI=1S/C7H12N2S/c8-3-1-2-4-9-7-5-10-6-7/h7,9H,1-2,4-6H2. The largest absolute Gasteiger partial charge is 0.312 e. The van der Waals surface area contributed by atoms with E-state index in [1.165, 1.54) is 11.5 Å². The highest BCUT2D eigenvalue weighted by Crippen LogP contribution is 2.16. The van der Waals surface area contributed by atoms with Gasteiger partial charge in [-0.25, -0.2) is 0 Å². The molecular formula is C7H12N2S. The number of thioether (sulfide) groups is 1. The van der Waals surface area contributed by atoms with Crippen molar-refractivity contribution in [2.75, 3.05) is 18.1 Å². The summed E-state index contributed by atoms with van der Waals surface area (Å²) in [6.07, 6.45) is 1.69. The summed E-state index contributed by atoms with van der Waals surface area (Å²) in [7, 11) is 0. The van der Waals surface area contributed by atoms with Gasteiger partial charge < -0.3 is 5.32 Å². The molecule has 0 aliphatic carbocycles. The van der Waals surface area contributed by atoms with Gasteiger partial charge in [-0.15, -0.1) is 0 Å². The van der Waals surface area contributed by atoms with Crippen LogP contribution in [-0.2, 0) is 0 Å². The van der Waals surface area contributed by atoms with Gasteiger partial charge in [-0.1, -0.05) is 0 Å². The molecule has 0 aromatic rings. The average Bonchev–Trinajstić information content (AvgIpc) is 1.84. The average molecular weight is 156 g/mol. The van der Waals surface area contributed by atoms with Crippen molar-refractivity contribution in [3.8, 4) is 6.07 Å². The van der Waals surface area contributed by atoms with E-state index in [4.69, 9.17) is 5.26 Å². The molecule has 0 aromatic carbocycles. The van der Waals surface area contributed by atoms with Gasteiger partial charge in [0.2, 0.25) is 0 Å². The van der Waals surface area contributed by atoms with E-state index in [0.717, 1.165) is 19.0 Å². The molecule has 10 heavy (non-hydrogen) atoms. The maximum atomic E-state index is 8.22. The fourth-order valence-electron chi connectivity index (χ4n) is 0.827. The highest BCUT2D eigenvalue weighted by Gasteiger charge is 2.15. The Morgan fingerprint density at radius 3 is 2.90 bits per heavy atom. The van der Waals surface area contributed by atoms with Gasteiger partial charge in [-0.2, -0.15) is 17.0 Å². The van der Waals surface area contributed by atoms with Gasteiger partial charge in [0.25, 0.3) is 0 Å². The van der Waals surface area contributed by atoms with Crippen LogP contribution in [0.3, 0.4) is 0 Å². The van der Waals surface area contributed by atoms with Gasteiger partial charge >= 0.3 is 0 Å². The Morgan fingerprint density at radius 1 is 1.60 bits per heavy atom. The van der Waals surface area contributed by atoms with E-state index >= 15 is 0 Å². The first kappa shape index (κ1) is 7.90. The highest BCUT2D eigenvalue weighted by molar-refractivity contribution is 8.00. The lowest BCUT2D eigenvalue weighted by atomic mass is 10.3. The second-order valence-electron chi connectivity index (χ2n) is 2.45. The van der Waals surface area contributed by atoms with Crippen molar-refractivity contribution >= 4 is 11.8 Å². The van der Waals surface area contributed by atoms with Crippen LogP contribution in [0.25, 0.3) is 0 Å². The number of nitrogens with zero attached hydrogens (tertiary/aromatic N) is 1. The molecule has 1 rings (SSSR count). The normalized spacial score (nSPS) is 17.9. The Kier molecular flexibility index (Phi) is 3.63. The third-order valence-corrected chi connectivity index (χ3v) is 2.81. The summed E-state index contributed by atoms with van der Waals surface area (Å²) in [5.41, 5.74) is 0. The molecule has 1 saturated heterocycles. The van der Waals surface area contributed by atoms with Gasteiger partial charge in [0.15, 0.2) is 0 Å². The lowest BCUT2D eigenvalue weighted by Gasteiger charge is -2.25. The van der Waals surface area contributed by atoms with Gasteiger partial charge in [0.05, 0.1) is 6.07 Å². The molecule has 0 atom stereocenters. The summed E-state index contributed by atoms with van der Waals surface area (Å²) in [4.78, 5) is 0. The van der Waals surface area contributed by atoms with Crippen LogP contribution in [-0.4, -0.2) is 24.1 Å². The molecule has 1 heterocycles. The Balaban J connectivity index is 1.81. The van der Waals surface area contributed by atoms with Crippen LogP contribution in [0.4, 0.5) is 0 Å². The van der Waals surface area contributed by atoms with Crippen LogP contribution in [0.5, 0.6) is 0 Å².